The van der Waals surface area contributed by atoms with Crippen molar-refractivity contribution in [3.63, 3.8) is 0 Å². The molecule has 0 fully saturated rings. The molecule has 0 bridgehead atoms. The molecule has 0 aromatic heterocycles. The summed E-state index contributed by atoms with van der Waals surface area (Å²) in [5, 5.41) is 2.92. The van der Waals surface area contributed by atoms with E-state index in [1.807, 2.05) is 63.2 Å². The molecule has 0 spiro atoms. The van der Waals surface area contributed by atoms with Crippen LogP contribution in [0.2, 0.25) is 0 Å². The van der Waals surface area contributed by atoms with Gasteiger partial charge in [-0.2, -0.15) is 0 Å². The van der Waals surface area contributed by atoms with Crippen LogP contribution < -0.4 is 10.2 Å². The maximum absolute atomic E-state index is 13.9. The van der Waals surface area contributed by atoms with Crippen molar-refractivity contribution >= 4 is 27.3 Å². The molecule has 1 aliphatic heterocycles. The van der Waals surface area contributed by atoms with Crippen LogP contribution in [0.5, 0.6) is 0 Å². The highest BCUT2D eigenvalue weighted by Crippen LogP contribution is 2.38. The van der Waals surface area contributed by atoms with Crippen molar-refractivity contribution in [2.45, 2.75) is 43.5 Å². The van der Waals surface area contributed by atoms with Gasteiger partial charge in [0.1, 0.15) is 0 Å². The average Bonchev–Trinajstić information content (AvgIpc) is 2.99. The Kier molecular flexibility index (Phi) is 7.10. The van der Waals surface area contributed by atoms with Crippen LogP contribution >= 0.6 is 0 Å². The maximum atomic E-state index is 13.9. The second-order valence-corrected chi connectivity index (χ2v) is 11.9. The van der Waals surface area contributed by atoms with Crippen molar-refractivity contribution in [2.24, 2.45) is 0 Å². The van der Waals surface area contributed by atoms with E-state index in [1.165, 1.54) is 40.8 Å². The number of fused-ring (bicyclic) bond motifs is 2. The summed E-state index contributed by atoms with van der Waals surface area (Å²) in [5.41, 5.74) is 5.80. The van der Waals surface area contributed by atoms with Crippen LogP contribution in [-0.4, -0.2) is 26.8 Å². The number of carbonyl (C=O) groups is 2. The van der Waals surface area contributed by atoms with E-state index in [0.29, 0.717) is 13.0 Å². The van der Waals surface area contributed by atoms with Gasteiger partial charge in [0.15, 0.2) is 0 Å². The number of hydrogen-bond donors (Lipinski definition) is 1. The molecule has 1 heterocycles. The second-order valence-electron chi connectivity index (χ2n) is 9.99. The van der Waals surface area contributed by atoms with Crippen molar-refractivity contribution < 1.29 is 18.0 Å². The summed E-state index contributed by atoms with van der Waals surface area (Å²) in [6, 6.07) is 24.8. The van der Waals surface area contributed by atoms with Gasteiger partial charge < -0.3 is 10.2 Å². The number of aryl methyl sites for hydroxylation is 3. The average molecular weight is 539 g/mol. The molecule has 5 rings (SSSR count). The first-order valence-electron chi connectivity index (χ1n) is 12.8. The summed E-state index contributed by atoms with van der Waals surface area (Å²) >= 11 is 0. The number of sulfone groups is 1. The van der Waals surface area contributed by atoms with E-state index in [2.05, 4.69) is 5.32 Å². The molecule has 4 aromatic carbocycles. The molecular formula is C32H30N2O4S. The fourth-order valence-corrected chi connectivity index (χ4v) is 6.45. The molecule has 1 aliphatic rings. The number of hydrogen-bond acceptors (Lipinski definition) is 4. The first-order valence-corrected chi connectivity index (χ1v) is 14.3. The zero-order chi connectivity index (χ0) is 27.7. The third-order valence-electron chi connectivity index (χ3n) is 7.11. The zero-order valence-electron chi connectivity index (χ0n) is 22.2. The minimum atomic E-state index is -4.01. The van der Waals surface area contributed by atoms with Crippen molar-refractivity contribution in [3.05, 3.63) is 124 Å². The minimum Gasteiger partial charge on any atom is -0.352 e. The molecule has 1 N–H and O–H groups in total. The van der Waals surface area contributed by atoms with Crippen LogP contribution in [0.15, 0.2) is 94.7 Å². The smallest absolute Gasteiger partial charge is 0.259 e. The summed E-state index contributed by atoms with van der Waals surface area (Å²) in [7, 11) is -4.01. The van der Waals surface area contributed by atoms with E-state index in [9.17, 15) is 18.0 Å². The predicted octanol–water partition coefficient (Wildman–Crippen LogP) is 5.58. The van der Waals surface area contributed by atoms with Crippen molar-refractivity contribution in [2.75, 3.05) is 11.4 Å². The number of nitrogens with one attached hydrogen (secondary N) is 1. The Morgan fingerprint density at radius 1 is 0.821 bits per heavy atom. The van der Waals surface area contributed by atoms with Crippen LogP contribution in [0, 0.1) is 20.8 Å². The van der Waals surface area contributed by atoms with Crippen LogP contribution in [0.4, 0.5) is 5.69 Å². The van der Waals surface area contributed by atoms with Gasteiger partial charge in [0.2, 0.25) is 9.84 Å². The van der Waals surface area contributed by atoms with Gasteiger partial charge in [-0.15, -0.1) is 0 Å². The molecule has 0 radical (unpaired) electrons. The fourth-order valence-electron chi connectivity index (χ4n) is 4.82. The van der Waals surface area contributed by atoms with Gasteiger partial charge in [0, 0.05) is 12.1 Å². The fraction of sp³-hybridized carbons (Fsp3) is 0.188. The van der Waals surface area contributed by atoms with Gasteiger partial charge in [-0.25, -0.2) is 8.42 Å². The molecule has 0 unspecified atom stereocenters. The predicted molar refractivity (Wildman–Crippen MR) is 152 cm³/mol. The lowest BCUT2D eigenvalue weighted by Crippen LogP contribution is -2.31. The monoisotopic (exact) mass is 538 g/mol. The molecule has 0 atom stereocenters. The topological polar surface area (TPSA) is 83.6 Å². The number of rotatable bonds is 6. The lowest BCUT2D eigenvalue weighted by molar-refractivity contribution is 0.0950. The largest absolute Gasteiger partial charge is 0.352 e. The number of carbonyl (C=O) groups excluding carboxylic acids is 2. The van der Waals surface area contributed by atoms with Gasteiger partial charge in [-0.05, 0) is 74.2 Å². The minimum absolute atomic E-state index is 0.00214. The van der Waals surface area contributed by atoms with E-state index >= 15 is 0 Å². The molecule has 39 heavy (non-hydrogen) atoms. The number of anilines is 1. The highest BCUT2D eigenvalue weighted by Gasteiger charge is 2.36. The van der Waals surface area contributed by atoms with Gasteiger partial charge in [0.05, 0.1) is 27.6 Å². The summed E-state index contributed by atoms with van der Waals surface area (Å²) < 4.78 is 27.5. The molecule has 0 saturated carbocycles. The second kappa shape index (κ2) is 10.5. The Balaban J connectivity index is 1.53. The molecule has 6 nitrogen and oxygen atoms in total. The van der Waals surface area contributed by atoms with Crippen LogP contribution in [0.25, 0.3) is 0 Å². The summed E-state index contributed by atoms with van der Waals surface area (Å²) in [6.45, 7) is 6.55. The third kappa shape index (κ3) is 5.22. The van der Waals surface area contributed by atoms with Crippen molar-refractivity contribution in [1.29, 1.82) is 0 Å². The van der Waals surface area contributed by atoms with Crippen molar-refractivity contribution in [3.8, 4) is 0 Å². The molecule has 0 aliphatic carbocycles. The highest BCUT2D eigenvalue weighted by molar-refractivity contribution is 7.91. The Morgan fingerprint density at radius 3 is 2.31 bits per heavy atom. The molecule has 4 aromatic rings. The lowest BCUT2D eigenvalue weighted by atomic mass is 10.0. The van der Waals surface area contributed by atoms with E-state index in [4.69, 9.17) is 0 Å². The first kappa shape index (κ1) is 26.4. The van der Waals surface area contributed by atoms with Gasteiger partial charge >= 0.3 is 0 Å². The molecule has 2 amide bonds. The number of nitrogens with zero attached hydrogens (tertiary/aromatic N) is 1. The van der Waals surface area contributed by atoms with Crippen LogP contribution in [-0.2, 0) is 22.8 Å². The zero-order valence-corrected chi connectivity index (χ0v) is 23.0. The summed E-state index contributed by atoms with van der Waals surface area (Å²) in [6.07, 6.45) is 0.665. The number of amides is 2. The molecule has 198 valence electrons. The van der Waals surface area contributed by atoms with Crippen LogP contribution in [0.3, 0.4) is 0 Å². The normalized spacial score (nSPS) is 13.8. The molecule has 0 saturated heterocycles. The quantitative estimate of drug-likeness (QED) is 0.348. The Labute approximate surface area is 229 Å². The first-order chi connectivity index (χ1) is 18.6. The summed E-state index contributed by atoms with van der Waals surface area (Å²) in [4.78, 5) is 28.4. The van der Waals surface area contributed by atoms with Gasteiger partial charge in [0.25, 0.3) is 11.8 Å². The van der Waals surface area contributed by atoms with Crippen LogP contribution in [0.1, 0.15) is 48.5 Å². The van der Waals surface area contributed by atoms with E-state index < -0.39 is 15.7 Å². The Bertz CT molecular complexity index is 1690. The SMILES string of the molecule is Cc1ccc(CCNC(=O)c2ccc3c(c2)N(Cc2cc(C)ccc2C)C(=O)c2ccccc2S3(=O)=O)cc1. The number of benzene rings is 4. The van der Waals surface area contributed by atoms with Gasteiger partial charge in [-0.1, -0.05) is 65.7 Å². The van der Waals surface area contributed by atoms with E-state index in [0.717, 1.165) is 22.3 Å². The Morgan fingerprint density at radius 2 is 1.54 bits per heavy atom. The standard InChI is InChI=1S/C32H30N2O4S/c1-21-9-12-24(13-10-21)16-17-33-31(35)25-14-15-30-28(19-25)34(20-26-18-22(2)8-11-23(26)3)32(36)27-6-4-5-7-29(27)39(30,37)38/h4-15,18-19H,16-17,20H2,1-3H3,(H,33,35). The van der Waals surface area contributed by atoms with E-state index in [1.54, 1.807) is 12.1 Å². The Hall–Kier alpha value is -4.23. The molecular weight excluding hydrogens is 508 g/mol. The molecule has 7 heteroatoms. The summed E-state index contributed by atoms with van der Waals surface area (Å²) in [5.74, 6) is -0.756. The lowest BCUT2D eigenvalue weighted by Gasteiger charge is -2.24. The van der Waals surface area contributed by atoms with Gasteiger partial charge in [-0.3, -0.25) is 9.59 Å². The highest BCUT2D eigenvalue weighted by atomic mass is 32.2. The third-order valence-corrected chi connectivity index (χ3v) is 8.97. The van der Waals surface area contributed by atoms with E-state index in [-0.39, 0.29) is 39.1 Å². The maximum Gasteiger partial charge on any atom is 0.259 e. The van der Waals surface area contributed by atoms with Crippen molar-refractivity contribution in [1.82, 2.24) is 5.32 Å².